The van der Waals surface area contributed by atoms with Crippen molar-refractivity contribution in [2.45, 2.75) is 71.4 Å². The molecule has 8 heteroatoms. The third-order valence-electron chi connectivity index (χ3n) is 8.08. The fourth-order valence-corrected chi connectivity index (χ4v) is 6.89. The van der Waals surface area contributed by atoms with Gasteiger partial charge in [0.1, 0.15) is 12.6 Å². The molecule has 242 valence electrons. The van der Waals surface area contributed by atoms with Crippen LogP contribution in [0.5, 0.6) is 0 Å². The van der Waals surface area contributed by atoms with Gasteiger partial charge >= 0.3 is 0 Å². The number of hydrogen-bond donors (Lipinski definition) is 1. The summed E-state index contributed by atoms with van der Waals surface area (Å²) in [6.07, 6.45) is 2.01. The molecular weight excluding hydrogens is 595 g/mol. The quantitative estimate of drug-likeness (QED) is 0.156. The molecule has 0 unspecified atom stereocenters. The first-order chi connectivity index (χ1) is 22.0. The van der Waals surface area contributed by atoms with Crippen molar-refractivity contribution in [3.05, 3.63) is 130 Å². The van der Waals surface area contributed by atoms with E-state index in [4.69, 9.17) is 0 Å². The van der Waals surface area contributed by atoms with Crippen LogP contribution in [-0.2, 0) is 32.6 Å². The van der Waals surface area contributed by atoms with E-state index in [1.807, 2.05) is 88.4 Å². The van der Waals surface area contributed by atoms with Gasteiger partial charge < -0.3 is 10.2 Å². The predicted octanol–water partition coefficient (Wildman–Crippen LogP) is 6.67. The molecule has 0 saturated heterocycles. The van der Waals surface area contributed by atoms with E-state index in [0.29, 0.717) is 12.2 Å². The molecule has 0 spiro atoms. The summed E-state index contributed by atoms with van der Waals surface area (Å²) >= 11 is 0. The topological polar surface area (TPSA) is 86.8 Å². The highest BCUT2D eigenvalue weighted by molar-refractivity contribution is 7.92. The van der Waals surface area contributed by atoms with Gasteiger partial charge in [-0.2, -0.15) is 0 Å². The summed E-state index contributed by atoms with van der Waals surface area (Å²) in [5.41, 5.74) is 5.84. The Labute approximate surface area is 274 Å². The summed E-state index contributed by atoms with van der Waals surface area (Å²) < 4.78 is 29.7. The third kappa shape index (κ3) is 8.85. The second kappa shape index (κ2) is 15.7. The van der Waals surface area contributed by atoms with Crippen molar-refractivity contribution in [1.82, 2.24) is 10.2 Å². The molecule has 0 fully saturated rings. The van der Waals surface area contributed by atoms with Crippen LogP contribution in [0, 0.1) is 27.7 Å². The largest absolute Gasteiger partial charge is 0.354 e. The molecule has 0 aliphatic carbocycles. The minimum Gasteiger partial charge on any atom is -0.354 e. The number of carbonyl (C=O) groups is 2. The molecule has 0 radical (unpaired) electrons. The summed E-state index contributed by atoms with van der Waals surface area (Å²) in [5, 5.41) is 3.04. The Morgan fingerprint density at radius 1 is 0.783 bits per heavy atom. The number of aryl methyl sites for hydroxylation is 4. The zero-order chi connectivity index (χ0) is 33.3. The lowest BCUT2D eigenvalue weighted by atomic mass is 10.0. The van der Waals surface area contributed by atoms with E-state index in [-0.39, 0.29) is 23.8 Å². The number of anilines is 1. The first-order valence-electron chi connectivity index (χ1n) is 15.8. The lowest BCUT2D eigenvalue weighted by molar-refractivity contribution is -0.140. The van der Waals surface area contributed by atoms with Gasteiger partial charge in [-0.15, -0.1) is 0 Å². The van der Waals surface area contributed by atoms with Crippen molar-refractivity contribution in [3.8, 4) is 0 Å². The Morgan fingerprint density at radius 2 is 1.41 bits per heavy atom. The van der Waals surface area contributed by atoms with E-state index in [2.05, 4.69) is 12.2 Å². The van der Waals surface area contributed by atoms with Gasteiger partial charge in [-0.05, 0) is 86.2 Å². The van der Waals surface area contributed by atoms with Crippen molar-refractivity contribution < 1.29 is 18.0 Å². The van der Waals surface area contributed by atoms with E-state index >= 15 is 0 Å². The van der Waals surface area contributed by atoms with Crippen LogP contribution in [0.15, 0.2) is 102 Å². The molecule has 4 rings (SSSR count). The molecule has 0 saturated carbocycles. The number of hydrogen-bond acceptors (Lipinski definition) is 4. The van der Waals surface area contributed by atoms with E-state index < -0.39 is 28.5 Å². The molecule has 46 heavy (non-hydrogen) atoms. The van der Waals surface area contributed by atoms with E-state index in [9.17, 15) is 18.0 Å². The lowest BCUT2D eigenvalue weighted by Gasteiger charge is -2.34. The minimum absolute atomic E-state index is 0.0913. The van der Waals surface area contributed by atoms with Crippen molar-refractivity contribution in [1.29, 1.82) is 0 Å². The number of benzene rings is 4. The van der Waals surface area contributed by atoms with Crippen LogP contribution in [-0.4, -0.2) is 44.3 Å². The molecule has 2 amide bonds. The molecule has 0 aliphatic rings. The normalized spacial score (nSPS) is 11.9. The second-order valence-electron chi connectivity index (χ2n) is 12.0. The Morgan fingerprint density at radius 3 is 2.04 bits per heavy atom. The fraction of sp³-hybridized carbons (Fsp3) is 0.316. The molecule has 4 aromatic carbocycles. The molecule has 0 aromatic heterocycles. The first-order valence-corrected chi connectivity index (χ1v) is 17.3. The van der Waals surface area contributed by atoms with Crippen molar-refractivity contribution in [2.24, 2.45) is 0 Å². The van der Waals surface area contributed by atoms with E-state index in [1.165, 1.54) is 4.31 Å². The zero-order valence-corrected chi connectivity index (χ0v) is 28.3. The maximum Gasteiger partial charge on any atom is 0.264 e. The summed E-state index contributed by atoms with van der Waals surface area (Å²) in [6, 6.07) is 28.6. The third-order valence-corrected chi connectivity index (χ3v) is 9.87. The number of nitrogens with zero attached hydrogens (tertiary/aromatic N) is 2. The number of carbonyl (C=O) groups excluding carboxylic acids is 2. The average molecular weight is 640 g/mol. The van der Waals surface area contributed by atoms with Crippen LogP contribution in [0.25, 0.3) is 0 Å². The molecular formula is C38H45N3O4S. The molecule has 4 aromatic rings. The maximum absolute atomic E-state index is 14.7. The van der Waals surface area contributed by atoms with E-state index in [1.54, 1.807) is 41.3 Å². The summed E-state index contributed by atoms with van der Waals surface area (Å²) in [5.74, 6) is -0.733. The van der Waals surface area contributed by atoms with Crippen molar-refractivity contribution >= 4 is 27.5 Å². The van der Waals surface area contributed by atoms with Gasteiger partial charge in [-0.1, -0.05) is 91.7 Å². The van der Waals surface area contributed by atoms with E-state index in [0.717, 1.165) is 46.2 Å². The Kier molecular flexibility index (Phi) is 11.8. The van der Waals surface area contributed by atoms with Gasteiger partial charge in [-0.3, -0.25) is 13.9 Å². The maximum atomic E-state index is 14.7. The molecule has 0 aliphatic heterocycles. The zero-order valence-electron chi connectivity index (χ0n) is 27.5. The van der Waals surface area contributed by atoms with Gasteiger partial charge in [-0.25, -0.2) is 8.42 Å². The number of nitrogens with one attached hydrogen (secondary N) is 1. The minimum atomic E-state index is -4.15. The number of rotatable bonds is 14. The Hall–Kier alpha value is -4.43. The highest BCUT2D eigenvalue weighted by atomic mass is 32.2. The predicted molar refractivity (Wildman–Crippen MR) is 185 cm³/mol. The molecule has 1 atom stereocenters. The standard InChI is InChI=1S/C38H45N3O4S/c1-6-7-21-39-38(43)36(25-32-14-9-8-10-15-32)40(26-33-16-12-11-13-31(33)5)37(42)27-41(34-23-29(3)22-30(4)24-34)46(44,45)35-19-17-28(2)18-20-35/h8-20,22-24,36H,6-7,21,25-27H2,1-5H3,(H,39,43)/t36-/m1/s1. The SMILES string of the molecule is CCCCNC(=O)[C@@H](Cc1ccccc1)N(Cc1ccccc1C)C(=O)CN(c1cc(C)cc(C)c1)S(=O)(=O)c1ccc(C)cc1. The highest BCUT2D eigenvalue weighted by Crippen LogP contribution is 2.27. The monoisotopic (exact) mass is 639 g/mol. The van der Waals surface area contributed by atoms with Crippen molar-refractivity contribution in [2.75, 3.05) is 17.4 Å². The summed E-state index contributed by atoms with van der Waals surface area (Å²) in [7, 11) is -4.15. The molecule has 0 heterocycles. The smallest absolute Gasteiger partial charge is 0.264 e. The number of sulfonamides is 1. The van der Waals surface area contributed by atoms with Crippen molar-refractivity contribution in [3.63, 3.8) is 0 Å². The summed E-state index contributed by atoms with van der Waals surface area (Å²) in [6.45, 7) is 9.87. The number of amides is 2. The number of unbranched alkanes of at least 4 members (excludes halogenated alkanes) is 1. The average Bonchev–Trinajstić information content (AvgIpc) is 3.02. The van der Waals surface area contributed by atoms with Gasteiger partial charge in [0, 0.05) is 19.5 Å². The summed E-state index contributed by atoms with van der Waals surface area (Å²) in [4.78, 5) is 30.2. The first kappa shape index (κ1) is 34.4. The lowest BCUT2D eigenvalue weighted by Crippen LogP contribution is -2.53. The van der Waals surface area contributed by atoms with Gasteiger partial charge in [0.2, 0.25) is 11.8 Å². The molecule has 7 nitrogen and oxygen atoms in total. The molecule has 0 bridgehead atoms. The molecule has 1 N–H and O–H groups in total. The van der Waals surface area contributed by atoms with Gasteiger partial charge in [0.15, 0.2) is 0 Å². The van der Waals surface area contributed by atoms with Crippen LogP contribution < -0.4 is 9.62 Å². The fourth-order valence-electron chi connectivity index (χ4n) is 5.49. The van der Waals surface area contributed by atoms with Crippen LogP contribution in [0.1, 0.15) is 53.1 Å². The van der Waals surface area contributed by atoms with Crippen LogP contribution >= 0.6 is 0 Å². The van der Waals surface area contributed by atoms with Crippen LogP contribution in [0.2, 0.25) is 0 Å². The Balaban J connectivity index is 1.82. The Bertz CT molecular complexity index is 1720. The van der Waals surface area contributed by atoms with Crippen LogP contribution in [0.3, 0.4) is 0 Å². The van der Waals surface area contributed by atoms with Gasteiger partial charge in [0.05, 0.1) is 10.6 Å². The van der Waals surface area contributed by atoms with Crippen LogP contribution in [0.4, 0.5) is 5.69 Å². The second-order valence-corrected chi connectivity index (χ2v) is 13.8. The van der Waals surface area contributed by atoms with Gasteiger partial charge in [0.25, 0.3) is 10.0 Å². The highest BCUT2D eigenvalue weighted by Gasteiger charge is 2.35.